The Kier molecular flexibility index (Phi) is 6.91. The fourth-order valence-corrected chi connectivity index (χ4v) is 2.51. The van der Waals surface area contributed by atoms with Crippen molar-refractivity contribution in [2.45, 2.75) is 19.8 Å². The highest BCUT2D eigenvalue weighted by Crippen LogP contribution is 2.22. The minimum Gasteiger partial charge on any atom is -0.469 e. The monoisotopic (exact) mass is 354 g/mol. The summed E-state index contributed by atoms with van der Waals surface area (Å²) in [6, 6.07) is 16.2. The second-order valence-electron chi connectivity index (χ2n) is 5.55. The normalized spacial score (nSPS) is 10.1. The van der Waals surface area contributed by atoms with Crippen molar-refractivity contribution in [1.82, 2.24) is 0 Å². The summed E-state index contributed by atoms with van der Waals surface area (Å²) in [5.74, 6) is -1.01. The van der Waals surface area contributed by atoms with E-state index in [0.29, 0.717) is 17.8 Å². The lowest BCUT2D eigenvalue weighted by atomic mass is 10.1. The summed E-state index contributed by atoms with van der Waals surface area (Å²) in [4.78, 5) is 37.9. The summed E-state index contributed by atoms with van der Waals surface area (Å²) < 4.78 is 4.53. The lowest BCUT2D eigenvalue weighted by Crippen LogP contribution is -2.31. The maximum atomic E-state index is 13.0. The van der Waals surface area contributed by atoms with Crippen molar-refractivity contribution in [3.8, 4) is 0 Å². The lowest BCUT2D eigenvalue weighted by Gasteiger charge is -2.22. The number of para-hydroxylation sites is 2. The fourth-order valence-electron chi connectivity index (χ4n) is 2.51. The van der Waals surface area contributed by atoms with Crippen LogP contribution < -0.4 is 10.2 Å². The molecule has 2 aromatic rings. The summed E-state index contributed by atoms with van der Waals surface area (Å²) in [5, 5.41) is 2.71. The van der Waals surface area contributed by atoms with Crippen molar-refractivity contribution >= 4 is 29.2 Å². The largest absolute Gasteiger partial charge is 0.469 e. The highest BCUT2D eigenvalue weighted by atomic mass is 16.5. The van der Waals surface area contributed by atoms with Gasteiger partial charge in [-0.1, -0.05) is 30.3 Å². The molecule has 0 saturated heterocycles. The molecule has 2 aromatic carbocycles. The van der Waals surface area contributed by atoms with E-state index < -0.39 is 5.97 Å². The van der Waals surface area contributed by atoms with Crippen molar-refractivity contribution < 1.29 is 19.1 Å². The van der Waals surface area contributed by atoms with E-state index >= 15 is 0 Å². The number of nitrogens with one attached hydrogen (secondary N) is 1. The van der Waals surface area contributed by atoms with Gasteiger partial charge in [0, 0.05) is 18.7 Å². The number of hydrogen-bond donors (Lipinski definition) is 1. The van der Waals surface area contributed by atoms with Crippen molar-refractivity contribution in [3.63, 3.8) is 0 Å². The van der Waals surface area contributed by atoms with Gasteiger partial charge in [0.15, 0.2) is 0 Å². The first-order chi connectivity index (χ1) is 12.6. The molecule has 0 saturated carbocycles. The van der Waals surface area contributed by atoms with Crippen LogP contribution in [0, 0.1) is 0 Å². The van der Waals surface area contributed by atoms with Crippen molar-refractivity contribution in [3.05, 3.63) is 60.2 Å². The van der Waals surface area contributed by atoms with Crippen LogP contribution in [-0.2, 0) is 14.3 Å². The Morgan fingerprint density at radius 1 is 0.962 bits per heavy atom. The Morgan fingerprint density at radius 3 is 2.27 bits per heavy atom. The van der Waals surface area contributed by atoms with E-state index in [4.69, 9.17) is 0 Å². The average molecular weight is 354 g/mol. The molecule has 0 fully saturated rings. The molecule has 0 aromatic heterocycles. The maximum Gasteiger partial charge on any atom is 0.306 e. The SMILES string of the molecule is CCN(C(=O)c1ccccc1NC(=O)CCC(=O)OC)c1ccccc1. The smallest absolute Gasteiger partial charge is 0.306 e. The van der Waals surface area contributed by atoms with Crippen LogP contribution in [0.25, 0.3) is 0 Å². The van der Waals surface area contributed by atoms with Crippen molar-refractivity contribution in [2.75, 3.05) is 23.9 Å². The molecular weight excluding hydrogens is 332 g/mol. The van der Waals surface area contributed by atoms with Gasteiger partial charge in [0.1, 0.15) is 0 Å². The molecular formula is C20H22N2O4. The van der Waals surface area contributed by atoms with E-state index in [2.05, 4.69) is 10.1 Å². The predicted molar refractivity (Wildman–Crippen MR) is 100 cm³/mol. The van der Waals surface area contributed by atoms with E-state index in [0.717, 1.165) is 5.69 Å². The molecule has 0 heterocycles. The molecule has 0 radical (unpaired) electrons. The lowest BCUT2D eigenvalue weighted by molar-refractivity contribution is -0.141. The number of methoxy groups -OCH3 is 1. The highest BCUT2D eigenvalue weighted by Gasteiger charge is 2.20. The zero-order valence-corrected chi connectivity index (χ0v) is 14.9. The van der Waals surface area contributed by atoms with Gasteiger partial charge in [-0.25, -0.2) is 0 Å². The number of benzene rings is 2. The third-order valence-electron chi connectivity index (χ3n) is 3.84. The number of anilines is 2. The highest BCUT2D eigenvalue weighted by molar-refractivity contribution is 6.11. The fraction of sp³-hybridized carbons (Fsp3) is 0.250. The quantitative estimate of drug-likeness (QED) is 0.775. The van der Waals surface area contributed by atoms with Crippen LogP contribution in [0.5, 0.6) is 0 Å². The maximum absolute atomic E-state index is 13.0. The predicted octanol–water partition coefficient (Wildman–Crippen LogP) is 3.25. The molecule has 2 amide bonds. The molecule has 0 spiro atoms. The average Bonchev–Trinajstić information content (AvgIpc) is 2.67. The van der Waals surface area contributed by atoms with Gasteiger partial charge in [-0.3, -0.25) is 14.4 Å². The number of carbonyl (C=O) groups is 3. The number of hydrogen-bond acceptors (Lipinski definition) is 4. The topological polar surface area (TPSA) is 75.7 Å². The third-order valence-corrected chi connectivity index (χ3v) is 3.84. The van der Waals surface area contributed by atoms with E-state index in [9.17, 15) is 14.4 Å². The van der Waals surface area contributed by atoms with Gasteiger partial charge in [-0.15, -0.1) is 0 Å². The van der Waals surface area contributed by atoms with E-state index in [1.807, 2.05) is 37.3 Å². The molecule has 0 aliphatic carbocycles. The molecule has 2 rings (SSSR count). The molecule has 0 aliphatic rings. The van der Waals surface area contributed by atoms with Crippen molar-refractivity contribution in [2.24, 2.45) is 0 Å². The molecule has 136 valence electrons. The molecule has 0 atom stereocenters. The first-order valence-corrected chi connectivity index (χ1v) is 8.39. The number of amides is 2. The Hall–Kier alpha value is -3.15. The van der Waals surface area contributed by atoms with E-state index in [-0.39, 0.29) is 24.7 Å². The Bertz CT molecular complexity index is 774. The van der Waals surface area contributed by atoms with Crippen LogP contribution in [0.2, 0.25) is 0 Å². The summed E-state index contributed by atoms with van der Waals surface area (Å²) in [7, 11) is 1.27. The van der Waals surface area contributed by atoms with Crippen molar-refractivity contribution in [1.29, 1.82) is 0 Å². The van der Waals surface area contributed by atoms with Crippen LogP contribution in [-0.4, -0.2) is 31.4 Å². The molecule has 0 unspecified atom stereocenters. The van der Waals surface area contributed by atoms with Gasteiger partial charge in [-0.05, 0) is 31.2 Å². The molecule has 0 bridgehead atoms. The molecule has 6 nitrogen and oxygen atoms in total. The Balaban J connectivity index is 2.18. The van der Waals surface area contributed by atoms with Gasteiger partial charge in [0.05, 0.1) is 24.8 Å². The molecule has 26 heavy (non-hydrogen) atoms. The zero-order chi connectivity index (χ0) is 18.9. The van der Waals surface area contributed by atoms with Crippen LogP contribution in [0.1, 0.15) is 30.1 Å². The first-order valence-electron chi connectivity index (χ1n) is 8.39. The summed E-state index contributed by atoms with van der Waals surface area (Å²) >= 11 is 0. The van der Waals surface area contributed by atoms with Gasteiger partial charge in [-0.2, -0.15) is 0 Å². The second kappa shape index (κ2) is 9.36. The minimum atomic E-state index is -0.453. The van der Waals surface area contributed by atoms with Crippen LogP contribution in [0.4, 0.5) is 11.4 Å². The zero-order valence-electron chi connectivity index (χ0n) is 14.9. The van der Waals surface area contributed by atoms with Gasteiger partial charge in [0.2, 0.25) is 5.91 Å². The summed E-state index contributed by atoms with van der Waals surface area (Å²) in [5.41, 5.74) is 1.60. The summed E-state index contributed by atoms with van der Waals surface area (Å²) in [6.07, 6.45) is -0.0189. The second-order valence-corrected chi connectivity index (χ2v) is 5.55. The van der Waals surface area contributed by atoms with E-state index in [1.165, 1.54) is 7.11 Å². The molecule has 6 heteroatoms. The standard InChI is InChI=1S/C20H22N2O4/c1-3-22(15-9-5-4-6-10-15)20(25)16-11-7-8-12-17(16)21-18(23)13-14-19(24)26-2/h4-12H,3,13-14H2,1-2H3,(H,21,23). The van der Waals surface area contributed by atoms with Gasteiger partial charge >= 0.3 is 5.97 Å². The van der Waals surface area contributed by atoms with E-state index in [1.54, 1.807) is 29.2 Å². The number of carbonyl (C=O) groups excluding carboxylic acids is 3. The van der Waals surface area contributed by atoms with Crippen LogP contribution in [0.15, 0.2) is 54.6 Å². The number of rotatable bonds is 7. The van der Waals surface area contributed by atoms with Gasteiger partial charge < -0.3 is 15.0 Å². The number of nitrogens with zero attached hydrogens (tertiary/aromatic N) is 1. The van der Waals surface area contributed by atoms with Crippen LogP contribution >= 0.6 is 0 Å². The first kappa shape index (κ1) is 19.2. The Morgan fingerprint density at radius 2 is 1.62 bits per heavy atom. The third kappa shape index (κ3) is 4.92. The number of esters is 1. The minimum absolute atomic E-state index is 0.00856. The van der Waals surface area contributed by atoms with Gasteiger partial charge in [0.25, 0.3) is 5.91 Å². The van der Waals surface area contributed by atoms with Crippen LogP contribution in [0.3, 0.4) is 0 Å². The Labute approximate surface area is 152 Å². The summed E-state index contributed by atoms with van der Waals surface area (Å²) in [6.45, 7) is 2.38. The number of ether oxygens (including phenoxy) is 1. The molecule has 0 aliphatic heterocycles. The molecule has 1 N–H and O–H groups in total.